The summed E-state index contributed by atoms with van der Waals surface area (Å²) in [5.41, 5.74) is 1.98. The highest BCUT2D eigenvalue weighted by molar-refractivity contribution is 5.89. The molecule has 1 heterocycles. The molecule has 1 aliphatic rings. The Kier molecular flexibility index (Phi) is 5.56. The van der Waals surface area contributed by atoms with E-state index in [0.29, 0.717) is 6.42 Å². The van der Waals surface area contributed by atoms with E-state index in [0.717, 1.165) is 11.1 Å². The summed E-state index contributed by atoms with van der Waals surface area (Å²) in [6, 6.07) is 18.8. The van der Waals surface area contributed by atoms with Crippen LogP contribution in [0.15, 0.2) is 60.7 Å². The van der Waals surface area contributed by atoms with Gasteiger partial charge in [-0.25, -0.2) is 4.79 Å². The zero-order valence-corrected chi connectivity index (χ0v) is 15.2. The number of carbonyl (C=O) groups is 2. The Hall–Kier alpha value is -2.82. The standard InChI is InChI=1S/C21H24N2O3/c1-3-19-20(24)22(16(2)18-12-8-5-9-13-18)15-23(19)21(25)26-14-17-10-6-4-7-11-17/h4-13,16,19H,3,14-15H2,1-2H3/t16-,19+/m0/s1. The molecule has 1 saturated heterocycles. The number of benzene rings is 2. The fourth-order valence-electron chi connectivity index (χ4n) is 3.26. The molecule has 5 nitrogen and oxygen atoms in total. The number of rotatable bonds is 5. The minimum atomic E-state index is -0.468. The number of carbonyl (C=O) groups excluding carboxylic acids is 2. The quantitative estimate of drug-likeness (QED) is 0.818. The molecule has 2 atom stereocenters. The van der Waals surface area contributed by atoms with E-state index in [9.17, 15) is 9.59 Å². The van der Waals surface area contributed by atoms with Gasteiger partial charge in [-0.15, -0.1) is 0 Å². The monoisotopic (exact) mass is 352 g/mol. The van der Waals surface area contributed by atoms with Crippen LogP contribution in [0, 0.1) is 0 Å². The van der Waals surface area contributed by atoms with Gasteiger partial charge in [0, 0.05) is 0 Å². The summed E-state index contributed by atoms with van der Waals surface area (Å²) in [7, 11) is 0. The van der Waals surface area contributed by atoms with Crippen LogP contribution < -0.4 is 0 Å². The third-order valence-electron chi connectivity index (χ3n) is 4.82. The molecule has 0 unspecified atom stereocenters. The second kappa shape index (κ2) is 8.04. The van der Waals surface area contributed by atoms with Gasteiger partial charge in [-0.05, 0) is 24.5 Å². The average Bonchev–Trinajstić information content (AvgIpc) is 3.03. The molecule has 2 amide bonds. The Balaban J connectivity index is 1.69. The number of amides is 2. The summed E-state index contributed by atoms with van der Waals surface area (Å²) in [4.78, 5) is 28.7. The van der Waals surface area contributed by atoms with Crippen molar-refractivity contribution in [2.75, 3.05) is 6.67 Å². The maximum absolute atomic E-state index is 12.8. The first kappa shape index (κ1) is 18.0. The van der Waals surface area contributed by atoms with Crippen LogP contribution in [0.3, 0.4) is 0 Å². The van der Waals surface area contributed by atoms with Crippen LogP contribution in [0.1, 0.15) is 37.4 Å². The first-order valence-electron chi connectivity index (χ1n) is 8.94. The number of nitrogens with zero attached hydrogens (tertiary/aromatic N) is 2. The maximum Gasteiger partial charge on any atom is 0.412 e. The molecule has 3 rings (SSSR count). The van der Waals surface area contributed by atoms with Crippen molar-refractivity contribution in [1.82, 2.24) is 9.80 Å². The smallest absolute Gasteiger partial charge is 0.412 e. The molecule has 0 spiro atoms. The fourth-order valence-corrected chi connectivity index (χ4v) is 3.26. The Morgan fingerprint density at radius 2 is 1.73 bits per heavy atom. The molecule has 1 fully saturated rings. The minimum Gasteiger partial charge on any atom is -0.444 e. The van der Waals surface area contributed by atoms with Gasteiger partial charge in [0.25, 0.3) is 0 Å². The van der Waals surface area contributed by atoms with Gasteiger partial charge in [0.2, 0.25) is 5.91 Å². The van der Waals surface area contributed by atoms with Gasteiger partial charge in [-0.1, -0.05) is 67.6 Å². The van der Waals surface area contributed by atoms with Crippen LogP contribution in [0.5, 0.6) is 0 Å². The van der Waals surface area contributed by atoms with Crippen molar-refractivity contribution in [3.8, 4) is 0 Å². The van der Waals surface area contributed by atoms with E-state index < -0.39 is 12.1 Å². The first-order chi connectivity index (χ1) is 12.6. The third kappa shape index (κ3) is 3.72. The lowest BCUT2D eigenvalue weighted by Gasteiger charge is -2.25. The van der Waals surface area contributed by atoms with Gasteiger partial charge in [-0.3, -0.25) is 9.69 Å². The molecule has 0 radical (unpaired) electrons. The Bertz CT molecular complexity index is 748. The van der Waals surface area contributed by atoms with Crippen LogP contribution in [0.2, 0.25) is 0 Å². The molecule has 5 heteroatoms. The van der Waals surface area contributed by atoms with E-state index in [2.05, 4.69) is 0 Å². The summed E-state index contributed by atoms with van der Waals surface area (Å²) in [5.74, 6) is -0.0273. The molecule has 0 aliphatic carbocycles. The van der Waals surface area contributed by atoms with Crippen molar-refractivity contribution < 1.29 is 14.3 Å². The van der Waals surface area contributed by atoms with E-state index in [4.69, 9.17) is 4.74 Å². The highest BCUT2D eigenvalue weighted by atomic mass is 16.6. The van der Waals surface area contributed by atoms with Gasteiger partial charge in [0.15, 0.2) is 0 Å². The van der Waals surface area contributed by atoms with Gasteiger partial charge >= 0.3 is 6.09 Å². The van der Waals surface area contributed by atoms with Crippen molar-refractivity contribution in [2.24, 2.45) is 0 Å². The maximum atomic E-state index is 12.8. The molecule has 0 N–H and O–H groups in total. The topological polar surface area (TPSA) is 49.9 Å². The molecular weight excluding hydrogens is 328 g/mol. The highest BCUT2D eigenvalue weighted by Crippen LogP contribution is 2.28. The predicted molar refractivity (Wildman–Crippen MR) is 99.1 cm³/mol. The zero-order valence-electron chi connectivity index (χ0n) is 15.2. The number of ether oxygens (including phenoxy) is 1. The summed E-state index contributed by atoms with van der Waals surface area (Å²) in [5, 5.41) is 0. The minimum absolute atomic E-state index is 0.0273. The summed E-state index contributed by atoms with van der Waals surface area (Å²) >= 11 is 0. The number of hydrogen-bond acceptors (Lipinski definition) is 3. The van der Waals surface area contributed by atoms with Gasteiger partial charge in [0.1, 0.15) is 19.3 Å². The van der Waals surface area contributed by atoms with Crippen LogP contribution >= 0.6 is 0 Å². The fraction of sp³-hybridized carbons (Fsp3) is 0.333. The van der Waals surface area contributed by atoms with E-state index in [-0.39, 0.29) is 25.2 Å². The lowest BCUT2D eigenvalue weighted by Crippen LogP contribution is -2.37. The Morgan fingerprint density at radius 1 is 1.12 bits per heavy atom. The molecular formula is C21H24N2O3. The summed E-state index contributed by atoms with van der Waals surface area (Å²) < 4.78 is 5.43. The third-order valence-corrected chi connectivity index (χ3v) is 4.82. The van der Waals surface area contributed by atoms with E-state index in [1.54, 1.807) is 4.90 Å². The highest BCUT2D eigenvalue weighted by Gasteiger charge is 2.42. The first-order valence-corrected chi connectivity index (χ1v) is 8.94. The van der Waals surface area contributed by atoms with Crippen LogP contribution in [-0.2, 0) is 16.1 Å². The normalized spacial score (nSPS) is 18.1. The average molecular weight is 352 g/mol. The predicted octanol–water partition coefficient (Wildman–Crippen LogP) is 3.96. The Labute approximate surface area is 154 Å². The van der Waals surface area contributed by atoms with Gasteiger partial charge < -0.3 is 9.64 Å². The molecule has 0 saturated carbocycles. The molecule has 0 bridgehead atoms. The molecule has 136 valence electrons. The van der Waals surface area contributed by atoms with Crippen LogP contribution in [0.4, 0.5) is 4.79 Å². The SMILES string of the molecule is CC[C@@H]1C(=O)N([C@@H](C)c2ccccc2)CN1C(=O)OCc1ccccc1. The van der Waals surface area contributed by atoms with E-state index in [1.165, 1.54) is 4.90 Å². The van der Waals surface area contributed by atoms with Crippen molar-refractivity contribution in [3.05, 3.63) is 71.8 Å². The van der Waals surface area contributed by atoms with Crippen molar-refractivity contribution >= 4 is 12.0 Å². The van der Waals surface area contributed by atoms with Gasteiger partial charge in [0.05, 0.1) is 6.04 Å². The van der Waals surface area contributed by atoms with Gasteiger partial charge in [-0.2, -0.15) is 0 Å². The van der Waals surface area contributed by atoms with E-state index in [1.807, 2.05) is 74.5 Å². The summed E-state index contributed by atoms with van der Waals surface area (Å²) in [6.45, 7) is 4.35. The molecule has 26 heavy (non-hydrogen) atoms. The largest absolute Gasteiger partial charge is 0.444 e. The zero-order chi connectivity index (χ0) is 18.5. The van der Waals surface area contributed by atoms with Crippen LogP contribution in [0.25, 0.3) is 0 Å². The van der Waals surface area contributed by atoms with Crippen molar-refractivity contribution in [1.29, 1.82) is 0 Å². The second-order valence-electron chi connectivity index (χ2n) is 6.47. The van der Waals surface area contributed by atoms with Crippen molar-refractivity contribution in [3.63, 3.8) is 0 Å². The molecule has 1 aliphatic heterocycles. The molecule has 2 aromatic rings. The van der Waals surface area contributed by atoms with Crippen LogP contribution in [-0.4, -0.2) is 34.5 Å². The molecule has 2 aromatic carbocycles. The molecule has 0 aromatic heterocycles. The van der Waals surface area contributed by atoms with Crippen molar-refractivity contribution in [2.45, 2.75) is 39.0 Å². The second-order valence-corrected chi connectivity index (χ2v) is 6.47. The lowest BCUT2D eigenvalue weighted by molar-refractivity contribution is -0.131. The number of hydrogen-bond donors (Lipinski definition) is 0. The summed E-state index contributed by atoms with van der Waals surface area (Å²) in [6.07, 6.45) is 0.119. The lowest BCUT2D eigenvalue weighted by atomic mass is 10.1. The Morgan fingerprint density at radius 3 is 2.35 bits per heavy atom. The van der Waals surface area contributed by atoms with E-state index >= 15 is 0 Å².